The van der Waals surface area contributed by atoms with Gasteiger partial charge in [-0.25, -0.2) is 0 Å². The second-order valence-corrected chi connectivity index (χ2v) is 4.94. The second-order valence-electron chi connectivity index (χ2n) is 4.94. The number of carboxylic acid groups (broad SMARTS) is 1. The van der Waals surface area contributed by atoms with E-state index < -0.39 is 5.97 Å². The lowest BCUT2D eigenvalue weighted by Gasteiger charge is -2.36. The van der Waals surface area contributed by atoms with Crippen LogP contribution in [0.25, 0.3) is 0 Å². The number of carbonyl (C=O) groups is 1. The number of hydrogen-bond acceptors (Lipinski definition) is 3. The molecule has 0 radical (unpaired) electrons. The van der Waals surface area contributed by atoms with Gasteiger partial charge in [0.15, 0.2) is 0 Å². The first-order valence-electron chi connectivity index (χ1n) is 6.17. The van der Waals surface area contributed by atoms with Crippen molar-refractivity contribution >= 4 is 11.7 Å². The van der Waals surface area contributed by atoms with Gasteiger partial charge in [0.25, 0.3) is 0 Å². The zero-order valence-corrected chi connectivity index (χ0v) is 11.1. The standard InChI is InChI=1S/C14H19NO3/c1-9-6-10(2)14-12(7-9)15(3)11(8-18-14)4-5-13(16)17/h6-7,11H,4-5,8H2,1-3H3,(H,16,17). The van der Waals surface area contributed by atoms with Gasteiger partial charge in [-0.2, -0.15) is 0 Å². The maximum atomic E-state index is 10.6. The molecule has 0 saturated carbocycles. The maximum Gasteiger partial charge on any atom is 0.303 e. The SMILES string of the molecule is Cc1cc(C)c2c(c1)N(C)C(CCC(=O)O)CO2. The molecule has 18 heavy (non-hydrogen) atoms. The first kappa shape index (κ1) is 12.7. The molecule has 1 aliphatic heterocycles. The molecule has 1 unspecified atom stereocenters. The van der Waals surface area contributed by atoms with Crippen LogP contribution in [0.3, 0.4) is 0 Å². The quantitative estimate of drug-likeness (QED) is 0.893. The van der Waals surface area contributed by atoms with Crippen molar-refractivity contribution in [1.29, 1.82) is 0 Å². The van der Waals surface area contributed by atoms with E-state index in [1.807, 2.05) is 14.0 Å². The van der Waals surface area contributed by atoms with Crippen molar-refractivity contribution in [3.63, 3.8) is 0 Å². The van der Waals surface area contributed by atoms with Crippen LogP contribution >= 0.6 is 0 Å². The third kappa shape index (κ3) is 2.42. The Morgan fingerprint density at radius 3 is 2.89 bits per heavy atom. The summed E-state index contributed by atoms with van der Waals surface area (Å²) in [6.07, 6.45) is 0.788. The molecule has 4 heteroatoms. The van der Waals surface area contributed by atoms with E-state index >= 15 is 0 Å². The van der Waals surface area contributed by atoms with E-state index in [4.69, 9.17) is 9.84 Å². The highest BCUT2D eigenvalue weighted by molar-refractivity contribution is 5.68. The molecule has 0 saturated heterocycles. The monoisotopic (exact) mass is 249 g/mol. The summed E-state index contributed by atoms with van der Waals surface area (Å²) in [6, 6.07) is 4.33. The predicted octanol–water partition coefficient (Wildman–Crippen LogP) is 2.37. The summed E-state index contributed by atoms with van der Waals surface area (Å²) < 4.78 is 5.79. The van der Waals surface area contributed by atoms with Crippen LogP contribution in [0.15, 0.2) is 12.1 Å². The molecular formula is C14H19NO3. The number of anilines is 1. The molecule has 0 spiro atoms. The number of hydrogen-bond donors (Lipinski definition) is 1. The van der Waals surface area contributed by atoms with E-state index in [-0.39, 0.29) is 12.5 Å². The highest BCUT2D eigenvalue weighted by Crippen LogP contribution is 2.37. The number of likely N-dealkylation sites (N-methyl/N-ethyl adjacent to an activating group) is 1. The van der Waals surface area contributed by atoms with E-state index in [0.717, 1.165) is 17.0 Å². The molecule has 0 aliphatic carbocycles. The van der Waals surface area contributed by atoms with Crippen LogP contribution in [0.1, 0.15) is 24.0 Å². The van der Waals surface area contributed by atoms with E-state index in [9.17, 15) is 4.79 Å². The topological polar surface area (TPSA) is 49.8 Å². The third-order valence-corrected chi connectivity index (χ3v) is 3.44. The van der Waals surface area contributed by atoms with Crippen LogP contribution in [0, 0.1) is 13.8 Å². The van der Waals surface area contributed by atoms with E-state index in [0.29, 0.717) is 13.0 Å². The number of carboxylic acids is 1. The Hall–Kier alpha value is -1.71. The molecule has 0 bridgehead atoms. The van der Waals surface area contributed by atoms with E-state index in [2.05, 4.69) is 24.0 Å². The van der Waals surface area contributed by atoms with Gasteiger partial charge in [-0.1, -0.05) is 6.07 Å². The molecule has 1 N–H and O–H groups in total. The number of fused-ring (bicyclic) bond motifs is 1. The minimum Gasteiger partial charge on any atom is -0.489 e. The van der Waals surface area contributed by atoms with Gasteiger partial charge in [0.05, 0.1) is 11.7 Å². The van der Waals surface area contributed by atoms with Crippen LogP contribution in [0.4, 0.5) is 5.69 Å². The van der Waals surface area contributed by atoms with Crippen molar-refractivity contribution in [2.75, 3.05) is 18.6 Å². The number of rotatable bonds is 3. The molecular weight excluding hydrogens is 230 g/mol. The van der Waals surface area contributed by atoms with Gasteiger partial charge >= 0.3 is 5.97 Å². The average molecular weight is 249 g/mol. The molecule has 2 rings (SSSR count). The minimum atomic E-state index is -0.755. The Morgan fingerprint density at radius 1 is 1.50 bits per heavy atom. The number of aliphatic carboxylic acids is 1. The molecule has 4 nitrogen and oxygen atoms in total. The molecule has 1 aromatic rings. The Kier molecular flexibility index (Phi) is 3.45. The smallest absolute Gasteiger partial charge is 0.303 e. The minimum absolute atomic E-state index is 0.134. The van der Waals surface area contributed by atoms with Crippen molar-refractivity contribution in [1.82, 2.24) is 0 Å². The molecule has 1 heterocycles. The Bertz CT molecular complexity index is 470. The van der Waals surface area contributed by atoms with Gasteiger partial charge in [-0.05, 0) is 37.5 Å². The van der Waals surface area contributed by atoms with E-state index in [1.54, 1.807) is 0 Å². The third-order valence-electron chi connectivity index (χ3n) is 3.44. The lowest BCUT2D eigenvalue weighted by atomic mass is 10.0. The first-order valence-corrected chi connectivity index (χ1v) is 6.17. The molecule has 98 valence electrons. The molecule has 0 fully saturated rings. The van der Waals surface area contributed by atoms with E-state index in [1.165, 1.54) is 5.56 Å². The highest BCUT2D eigenvalue weighted by atomic mass is 16.5. The number of aryl methyl sites for hydroxylation is 2. The Balaban J connectivity index is 2.22. The Morgan fingerprint density at radius 2 is 2.22 bits per heavy atom. The van der Waals surface area contributed by atoms with Gasteiger partial charge in [0.2, 0.25) is 0 Å². The molecule has 1 aliphatic rings. The highest BCUT2D eigenvalue weighted by Gasteiger charge is 2.26. The number of ether oxygens (including phenoxy) is 1. The largest absolute Gasteiger partial charge is 0.489 e. The van der Waals surface area contributed by atoms with Gasteiger partial charge in [0, 0.05) is 13.5 Å². The summed E-state index contributed by atoms with van der Waals surface area (Å²) in [7, 11) is 2.01. The zero-order chi connectivity index (χ0) is 13.3. The number of benzene rings is 1. The summed E-state index contributed by atoms with van der Waals surface area (Å²) in [6.45, 7) is 4.65. The van der Waals surface area contributed by atoms with Crippen molar-refractivity contribution in [3.05, 3.63) is 23.3 Å². The maximum absolute atomic E-state index is 10.6. The van der Waals surface area contributed by atoms with Crippen LogP contribution in [0.5, 0.6) is 5.75 Å². The average Bonchev–Trinajstić information content (AvgIpc) is 2.29. The molecule has 0 amide bonds. The van der Waals surface area contributed by atoms with Crippen LogP contribution in [0.2, 0.25) is 0 Å². The van der Waals surface area contributed by atoms with Crippen LogP contribution < -0.4 is 9.64 Å². The summed E-state index contributed by atoms with van der Waals surface area (Å²) in [5, 5.41) is 8.75. The first-order chi connectivity index (χ1) is 8.49. The lowest BCUT2D eigenvalue weighted by Crippen LogP contribution is -2.41. The second kappa shape index (κ2) is 4.88. The normalized spacial score (nSPS) is 18.2. The van der Waals surface area contributed by atoms with Gasteiger partial charge in [-0.3, -0.25) is 4.79 Å². The summed E-state index contributed by atoms with van der Waals surface area (Å²) in [5.74, 6) is 0.171. The van der Waals surface area contributed by atoms with Crippen molar-refractivity contribution in [3.8, 4) is 5.75 Å². The van der Waals surface area contributed by atoms with Crippen molar-refractivity contribution < 1.29 is 14.6 Å². The number of nitrogens with zero attached hydrogens (tertiary/aromatic N) is 1. The zero-order valence-electron chi connectivity index (χ0n) is 11.1. The summed E-state index contributed by atoms with van der Waals surface area (Å²) in [5.41, 5.74) is 3.39. The van der Waals surface area contributed by atoms with Gasteiger partial charge in [-0.15, -0.1) is 0 Å². The van der Waals surface area contributed by atoms with Crippen LogP contribution in [-0.2, 0) is 4.79 Å². The molecule has 1 atom stereocenters. The van der Waals surface area contributed by atoms with Crippen molar-refractivity contribution in [2.24, 2.45) is 0 Å². The fraction of sp³-hybridized carbons (Fsp3) is 0.500. The van der Waals surface area contributed by atoms with Crippen molar-refractivity contribution in [2.45, 2.75) is 32.7 Å². The van der Waals surface area contributed by atoms with Gasteiger partial charge < -0.3 is 14.7 Å². The summed E-state index contributed by atoms with van der Waals surface area (Å²) >= 11 is 0. The molecule has 1 aromatic carbocycles. The van der Waals surface area contributed by atoms with Crippen LogP contribution in [-0.4, -0.2) is 30.8 Å². The lowest BCUT2D eigenvalue weighted by molar-refractivity contribution is -0.137. The van der Waals surface area contributed by atoms with Gasteiger partial charge in [0.1, 0.15) is 12.4 Å². The molecule has 0 aromatic heterocycles. The fourth-order valence-corrected chi connectivity index (χ4v) is 2.44. The fourth-order valence-electron chi connectivity index (χ4n) is 2.44. The predicted molar refractivity (Wildman–Crippen MR) is 70.5 cm³/mol. The summed E-state index contributed by atoms with van der Waals surface area (Å²) in [4.78, 5) is 12.8. The Labute approximate surface area is 107 Å².